The third kappa shape index (κ3) is 3.39. The summed E-state index contributed by atoms with van der Waals surface area (Å²) in [5.41, 5.74) is 1.20. The Kier molecular flexibility index (Phi) is 4.66. The van der Waals surface area contributed by atoms with E-state index in [0.29, 0.717) is 0 Å². The second kappa shape index (κ2) is 6.26. The normalized spacial score (nSPS) is 14.1. The van der Waals surface area contributed by atoms with E-state index in [1.54, 1.807) is 13.4 Å². The summed E-state index contributed by atoms with van der Waals surface area (Å²) in [5.74, 6) is 1.79. The maximum absolute atomic E-state index is 5.40. The Labute approximate surface area is 122 Å². The number of ether oxygens (including phenoxy) is 1. The van der Waals surface area contributed by atoms with Gasteiger partial charge in [-0.05, 0) is 59.6 Å². The van der Waals surface area contributed by atoms with E-state index in [9.17, 15) is 0 Å². The van der Waals surface area contributed by atoms with Gasteiger partial charge in [0.15, 0.2) is 0 Å². The first-order chi connectivity index (χ1) is 9.11. The van der Waals surface area contributed by atoms with Gasteiger partial charge in [-0.1, -0.05) is 6.07 Å². The summed E-state index contributed by atoms with van der Waals surface area (Å²) >= 11 is 3.51. The van der Waals surface area contributed by atoms with Gasteiger partial charge in [0.2, 0.25) is 0 Å². The highest BCUT2D eigenvalue weighted by atomic mass is 79.9. The highest BCUT2D eigenvalue weighted by molar-refractivity contribution is 9.10. The molecule has 0 aliphatic carbocycles. The lowest BCUT2D eigenvalue weighted by Crippen LogP contribution is -2.22. The lowest BCUT2D eigenvalue weighted by Gasteiger charge is -2.19. The Morgan fingerprint density at radius 3 is 2.58 bits per heavy atom. The number of hydrogen-bond donors (Lipinski definition) is 1. The van der Waals surface area contributed by atoms with E-state index < -0.39 is 0 Å². The Bertz CT molecular complexity index is 525. The molecule has 1 aromatic carbocycles. The third-order valence-electron chi connectivity index (χ3n) is 3.15. The molecule has 19 heavy (non-hydrogen) atoms. The summed E-state index contributed by atoms with van der Waals surface area (Å²) in [5, 5.41) is 3.51. The first-order valence-electron chi connectivity index (χ1n) is 6.24. The SMILES string of the molecule is COc1ccc(C(C)N[C@H](C)c2ccco2)cc1Br. The van der Waals surface area contributed by atoms with Crippen LogP contribution >= 0.6 is 15.9 Å². The minimum Gasteiger partial charge on any atom is -0.496 e. The zero-order valence-electron chi connectivity index (χ0n) is 11.3. The van der Waals surface area contributed by atoms with Crippen molar-refractivity contribution >= 4 is 15.9 Å². The molecule has 1 N–H and O–H groups in total. The molecular formula is C15H18BrNO2. The number of benzene rings is 1. The molecule has 0 aliphatic rings. The molecule has 0 radical (unpaired) electrons. The molecule has 1 heterocycles. The quantitative estimate of drug-likeness (QED) is 0.881. The molecule has 0 spiro atoms. The van der Waals surface area contributed by atoms with Gasteiger partial charge in [-0.2, -0.15) is 0 Å². The van der Waals surface area contributed by atoms with Gasteiger partial charge in [0.1, 0.15) is 11.5 Å². The summed E-state index contributed by atoms with van der Waals surface area (Å²) in [6.07, 6.45) is 1.70. The van der Waals surface area contributed by atoms with E-state index in [-0.39, 0.29) is 12.1 Å². The van der Waals surface area contributed by atoms with Crippen molar-refractivity contribution < 1.29 is 9.15 Å². The first-order valence-corrected chi connectivity index (χ1v) is 7.04. The third-order valence-corrected chi connectivity index (χ3v) is 3.77. The fourth-order valence-electron chi connectivity index (χ4n) is 2.04. The van der Waals surface area contributed by atoms with E-state index in [1.807, 2.05) is 18.2 Å². The van der Waals surface area contributed by atoms with Gasteiger partial charge in [0.25, 0.3) is 0 Å². The minimum atomic E-state index is 0.172. The van der Waals surface area contributed by atoms with E-state index in [0.717, 1.165) is 16.0 Å². The van der Waals surface area contributed by atoms with Crippen molar-refractivity contribution in [3.63, 3.8) is 0 Å². The molecular weight excluding hydrogens is 306 g/mol. The largest absolute Gasteiger partial charge is 0.496 e. The van der Waals surface area contributed by atoms with E-state index in [2.05, 4.69) is 47.2 Å². The van der Waals surface area contributed by atoms with Gasteiger partial charge in [-0.25, -0.2) is 0 Å². The predicted octanol–water partition coefficient (Wildman–Crippen LogP) is 4.46. The second-order valence-electron chi connectivity index (χ2n) is 4.52. The molecule has 2 rings (SSSR count). The maximum Gasteiger partial charge on any atom is 0.133 e. The number of rotatable bonds is 5. The fourth-order valence-corrected chi connectivity index (χ4v) is 2.60. The van der Waals surface area contributed by atoms with Gasteiger partial charge >= 0.3 is 0 Å². The topological polar surface area (TPSA) is 34.4 Å². The van der Waals surface area contributed by atoms with Crippen LogP contribution in [0.5, 0.6) is 5.75 Å². The minimum absolute atomic E-state index is 0.172. The van der Waals surface area contributed by atoms with E-state index in [1.165, 1.54) is 5.56 Å². The molecule has 1 aromatic heterocycles. The molecule has 0 fully saturated rings. The molecule has 1 unspecified atom stereocenters. The van der Waals surface area contributed by atoms with Crippen LogP contribution < -0.4 is 10.1 Å². The van der Waals surface area contributed by atoms with E-state index >= 15 is 0 Å². The molecule has 2 atom stereocenters. The van der Waals surface area contributed by atoms with Crippen molar-refractivity contribution in [2.45, 2.75) is 25.9 Å². The molecule has 2 aromatic rings. The lowest BCUT2D eigenvalue weighted by molar-refractivity contribution is 0.400. The predicted molar refractivity (Wildman–Crippen MR) is 79.4 cm³/mol. The van der Waals surface area contributed by atoms with Crippen LogP contribution in [-0.4, -0.2) is 7.11 Å². The van der Waals surface area contributed by atoms with Crippen LogP contribution in [0.4, 0.5) is 0 Å². The highest BCUT2D eigenvalue weighted by Gasteiger charge is 2.14. The first kappa shape index (κ1) is 14.2. The smallest absolute Gasteiger partial charge is 0.133 e. The summed E-state index contributed by atoms with van der Waals surface area (Å²) in [6, 6.07) is 10.4. The van der Waals surface area contributed by atoms with Crippen molar-refractivity contribution in [2.24, 2.45) is 0 Å². The molecule has 0 amide bonds. The molecule has 3 nitrogen and oxygen atoms in total. The Morgan fingerprint density at radius 1 is 1.21 bits per heavy atom. The van der Waals surface area contributed by atoms with Crippen molar-refractivity contribution in [3.05, 3.63) is 52.4 Å². The van der Waals surface area contributed by atoms with Gasteiger partial charge in [-0.15, -0.1) is 0 Å². The Balaban J connectivity index is 2.07. The summed E-state index contributed by atoms with van der Waals surface area (Å²) in [7, 11) is 1.67. The summed E-state index contributed by atoms with van der Waals surface area (Å²) in [4.78, 5) is 0. The van der Waals surface area contributed by atoms with Crippen LogP contribution in [-0.2, 0) is 0 Å². The number of hydrogen-bond acceptors (Lipinski definition) is 3. The lowest BCUT2D eigenvalue weighted by atomic mass is 10.1. The van der Waals surface area contributed by atoms with Gasteiger partial charge in [-0.3, -0.25) is 0 Å². The molecule has 0 bridgehead atoms. The van der Waals surface area contributed by atoms with E-state index in [4.69, 9.17) is 9.15 Å². The fraction of sp³-hybridized carbons (Fsp3) is 0.333. The van der Waals surface area contributed by atoms with Gasteiger partial charge in [0.05, 0.1) is 23.9 Å². The van der Waals surface area contributed by atoms with Crippen molar-refractivity contribution in [3.8, 4) is 5.75 Å². The summed E-state index contributed by atoms with van der Waals surface area (Å²) in [6.45, 7) is 4.22. The molecule has 102 valence electrons. The molecule has 0 aliphatic heterocycles. The zero-order chi connectivity index (χ0) is 13.8. The Morgan fingerprint density at radius 2 is 2.00 bits per heavy atom. The average molecular weight is 324 g/mol. The van der Waals surface area contributed by atoms with Gasteiger partial charge in [0, 0.05) is 6.04 Å². The number of nitrogens with one attached hydrogen (secondary N) is 1. The van der Waals surface area contributed by atoms with Crippen molar-refractivity contribution in [2.75, 3.05) is 7.11 Å². The number of halogens is 1. The monoisotopic (exact) mass is 323 g/mol. The number of methoxy groups -OCH3 is 1. The summed E-state index contributed by atoms with van der Waals surface area (Å²) < 4.78 is 11.6. The second-order valence-corrected chi connectivity index (χ2v) is 5.37. The van der Waals surface area contributed by atoms with Crippen molar-refractivity contribution in [1.82, 2.24) is 5.32 Å². The van der Waals surface area contributed by atoms with Crippen LogP contribution in [0.25, 0.3) is 0 Å². The zero-order valence-corrected chi connectivity index (χ0v) is 12.9. The van der Waals surface area contributed by atoms with Crippen LogP contribution in [0.15, 0.2) is 45.5 Å². The molecule has 0 saturated carbocycles. The highest BCUT2D eigenvalue weighted by Crippen LogP contribution is 2.29. The molecule has 0 saturated heterocycles. The van der Waals surface area contributed by atoms with Crippen molar-refractivity contribution in [1.29, 1.82) is 0 Å². The van der Waals surface area contributed by atoms with Crippen LogP contribution in [0.3, 0.4) is 0 Å². The van der Waals surface area contributed by atoms with Crippen LogP contribution in [0.1, 0.15) is 37.3 Å². The standard InChI is InChI=1S/C15H18BrNO2/c1-10(17-11(2)14-5-4-8-19-14)12-6-7-15(18-3)13(16)9-12/h4-11,17H,1-3H3/t10?,11-/m1/s1. The number of furan rings is 1. The Hall–Kier alpha value is -1.26. The average Bonchev–Trinajstić information content (AvgIpc) is 2.92. The van der Waals surface area contributed by atoms with Gasteiger partial charge < -0.3 is 14.5 Å². The van der Waals surface area contributed by atoms with Crippen LogP contribution in [0, 0.1) is 0 Å². The maximum atomic E-state index is 5.40. The molecule has 4 heteroatoms. The van der Waals surface area contributed by atoms with Crippen LogP contribution in [0.2, 0.25) is 0 Å².